The van der Waals surface area contributed by atoms with E-state index in [0.29, 0.717) is 6.07 Å². The number of aromatic nitrogens is 3. The maximum atomic E-state index is 14.4. The molecular formula is C13H9BrF2N4O3S. The molecule has 0 fully saturated rings. The van der Waals surface area contributed by atoms with Gasteiger partial charge in [-0.2, -0.15) is 4.39 Å². The molecule has 0 atom stereocenters. The van der Waals surface area contributed by atoms with Crippen LogP contribution in [0.2, 0.25) is 0 Å². The van der Waals surface area contributed by atoms with Gasteiger partial charge in [-0.3, -0.25) is 13.9 Å². The molecule has 11 heteroatoms. The summed E-state index contributed by atoms with van der Waals surface area (Å²) in [5.41, 5.74) is -1.10. The summed E-state index contributed by atoms with van der Waals surface area (Å²) in [4.78, 5) is 16.0. The van der Waals surface area contributed by atoms with Crippen LogP contribution in [0.5, 0.6) is 0 Å². The minimum atomic E-state index is -3.63. The lowest BCUT2D eigenvalue weighted by Gasteiger charge is -2.13. The summed E-state index contributed by atoms with van der Waals surface area (Å²) in [5, 5.41) is 0. The monoisotopic (exact) mass is 418 g/mol. The molecule has 7 nitrogen and oxygen atoms in total. The van der Waals surface area contributed by atoms with Crippen LogP contribution in [0.1, 0.15) is 0 Å². The van der Waals surface area contributed by atoms with E-state index in [1.54, 1.807) is 0 Å². The van der Waals surface area contributed by atoms with Crippen molar-refractivity contribution in [2.24, 2.45) is 0 Å². The lowest BCUT2D eigenvalue weighted by Crippen LogP contribution is -2.23. The lowest BCUT2D eigenvalue weighted by atomic mass is 10.2. The fraction of sp³-hybridized carbons (Fsp3) is 0.0769. The number of nitrogens with one attached hydrogen (secondary N) is 1. The molecule has 0 spiro atoms. The molecule has 24 heavy (non-hydrogen) atoms. The Morgan fingerprint density at radius 2 is 1.96 bits per heavy atom. The number of hydrogen-bond acceptors (Lipinski definition) is 4. The number of nitrogens with zero attached hydrogens (tertiary/aromatic N) is 3. The average molecular weight is 419 g/mol. The summed E-state index contributed by atoms with van der Waals surface area (Å²) in [6, 6.07) is 2.80. The number of benzene rings is 1. The summed E-state index contributed by atoms with van der Waals surface area (Å²) in [5.74, 6) is -1.82. The van der Waals surface area contributed by atoms with E-state index in [2.05, 4.69) is 25.6 Å². The van der Waals surface area contributed by atoms with E-state index in [4.69, 9.17) is 0 Å². The quantitative estimate of drug-likeness (QED) is 0.658. The first-order valence-electron chi connectivity index (χ1n) is 6.39. The molecule has 0 radical (unpaired) electrons. The van der Waals surface area contributed by atoms with Gasteiger partial charge in [0.15, 0.2) is 0 Å². The molecule has 2 aromatic heterocycles. The third kappa shape index (κ3) is 2.91. The third-order valence-electron chi connectivity index (χ3n) is 3.09. The zero-order chi connectivity index (χ0) is 17.6. The van der Waals surface area contributed by atoms with E-state index in [1.807, 2.05) is 0 Å². The molecule has 2 heterocycles. The Labute approximate surface area is 142 Å². The number of rotatable bonds is 3. The van der Waals surface area contributed by atoms with Crippen LogP contribution < -0.4 is 10.3 Å². The molecule has 1 N–H and O–H groups in total. The Bertz CT molecular complexity index is 1120. The standard InChI is InChI=1S/C13H9BrF2N4O3S/c1-24(22,23)18-9-5-10(8(15)4-7(9)14)20-12(21)6-11(16)19-3-2-17-13(19)20/h2-6,18H,1H3. The normalized spacial score (nSPS) is 11.8. The second kappa shape index (κ2) is 5.67. The van der Waals surface area contributed by atoms with Crippen molar-refractivity contribution in [1.82, 2.24) is 14.0 Å². The van der Waals surface area contributed by atoms with Gasteiger partial charge in [-0.15, -0.1) is 0 Å². The number of hydrogen-bond donors (Lipinski definition) is 1. The second-order valence-electron chi connectivity index (χ2n) is 4.90. The first kappa shape index (κ1) is 16.6. The molecule has 3 rings (SSSR count). The molecule has 0 bridgehead atoms. The van der Waals surface area contributed by atoms with Crippen molar-refractivity contribution in [3.63, 3.8) is 0 Å². The molecule has 0 aliphatic carbocycles. The van der Waals surface area contributed by atoms with Crippen LogP contribution in [0.4, 0.5) is 14.5 Å². The Morgan fingerprint density at radius 1 is 1.25 bits per heavy atom. The minimum Gasteiger partial charge on any atom is -0.283 e. The molecule has 0 saturated heterocycles. The molecule has 1 aromatic carbocycles. The molecule has 0 unspecified atom stereocenters. The van der Waals surface area contributed by atoms with Crippen LogP contribution >= 0.6 is 15.9 Å². The summed E-state index contributed by atoms with van der Waals surface area (Å²) in [7, 11) is -3.63. The van der Waals surface area contributed by atoms with Crippen molar-refractivity contribution < 1.29 is 17.2 Å². The largest absolute Gasteiger partial charge is 0.283 e. The second-order valence-corrected chi connectivity index (χ2v) is 7.50. The number of fused-ring (bicyclic) bond motifs is 1. The predicted molar refractivity (Wildman–Crippen MR) is 86.9 cm³/mol. The van der Waals surface area contributed by atoms with Crippen molar-refractivity contribution in [3.05, 3.63) is 57.2 Å². The van der Waals surface area contributed by atoms with E-state index < -0.39 is 27.3 Å². The summed E-state index contributed by atoms with van der Waals surface area (Å²) < 4.78 is 55.1. The van der Waals surface area contributed by atoms with Gasteiger partial charge in [0.1, 0.15) is 5.82 Å². The van der Waals surface area contributed by atoms with Gasteiger partial charge in [0, 0.05) is 16.9 Å². The fourth-order valence-corrected chi connectivity index (χ4v) is 3.29. The highest BCUT2D eigenvalue weighted by Gasteiger charge is 2.17. The zero-order valence-electron chi connectivity index (χ0n) is 12.0. The molecule has 126 valence electrons. The fourth-order valence-electron chi connectivity index (χ4n) is 2.18. The smallest absolute Gasteiger partial charge is 0.262 e. The predicted octanol–water partition coefficient (Wildman–Crippen LogP) is 1.90. The Hall–Kier alpha value is -2.27. The number of sulfonamides is 1. The maximum Gasteiger partial charge on any atom is 0.262 e. The Morgan fingerprint density at radius 3 is 2.62 bits per heavy atom. The average Bonchev–Trinajstić information content (AvgIpc) is 2.91. The van der Waals surface area contributed by atoms with Crippen molar-refractivity contribution in [3.8, 4) is 5.69 Å². The van der Waals surface area contributed by atoms with Gasteiger partial charge < -0.3 is 0 Å². The lowest BCUT2D eigenvalue weighted by molar-refractivity contribution is 0.555. The number of anilines is 1. The van der Waals surface area contributed by atoms with Crippen LogP contribution in [0, 0.1) is 11.8 Å². The summed E-state index contributed by atoms with van der Waals surface area (Å²) >= 11 is 3.04. The Balaban J connectivity index is 2.33. The van der Waals surface area contributed by atoms with E-state index in [9.17, 15) is 22.0 Å². The van der Waals surface area contributed by atoms with Crippen LogP contribution in [0.3, 0.4) is 0 Å². The van der Waals surface area contributed by atoms with Crippen molar-refractivity contribution in [1.29, 1.82) is 0 Å². The van der Waals surface area contributed by atoms with Gasteiger partial charge in [0.25, 0.3) is 5.56 Å². The van der Waals surface area contributed by atoms with Gasteiger partial charge in [-0.25, -0.2) is 22.4 Å². The number of halogens is 3. The van der Waals surface area contributed by atoms with Crippen LogP contribution in [0.25, 0.3) is 11.5 Å². The van der Waals surface area contributed by atoms with Crippen LogP contribution in [-0.2, 0) is 10.0 Å². The van der Waals surface area contributed by atoms with E-state index >= 15 is 0 Å². The van der Waals surface area contributed by atoms with E-state index in [-0.39, 0.29) is 21.6 Å². The van der Waals surface area contributed by atoms with Gasteiger partial charge >= 0.3 is 0 Å². The number of imidazole rings is 1. The van der Waals surface area contributed by atoms with E-state index in [0.717, 1.165) is 27.4 Å². The first-order valence-corrected chi connectivity index (χ1v) is 9.07. The van der Waals surface area contributed by atoms with Crippen molar-refractivity contribution in [2.75, 3.05) is 11.0 Å². The van der Waals surface area contributed by atoms with Gasteiger partial charge in [0.05, 0.1) is 23.7 Å². The highest BCUT2D eigenvalue weighted by molar-refractivity contribution is 9.10. The molecule has 3 aromatic rings. The molecular weight excluding hydrogens is 410 g/mol. The van der Waals surface area contributed by atoms with Crippen LogP contribution in [0.15, 0.2) is 39.9 Å². The minimum absolute atomic E-state index is 0.0230. The summed E-state index contributed by atoms with van der Waals surface area (Å²) in [6.07, 6.45) is 3.45. The van der Waals surface area contributed by atoms with Crippen molar-refractivity contribution in [2.45, 2.75) is 0 Å². The van der Waals surface area contributed by atoms with Gasteiger partial charge in [-0.05, 0) is 28.1 Å². The molecule has 0 amide bonds. The topological polar surface area (TPSA) is 85.5 Å². The molecule has 0 aliphatic rings. The molecule has 0 saturated carbocycles. The highest BCUT2D eigenvalue weighted by atomic mass is 79.9. The Kier molecular flexibility index (Phi) is 3.92. The van der Waals surface area contributed by atoms with Gasteiger partial charge in [-0.1, -0.05) is 0 Å². The summed E-state index contributed by atoms with van der Waals surface area (Å²) in [6.45, 7) is 0. The van der Waals surface area contributed by atoms with Crippen molar-refractivity contribution >= 4 is 37.4 Å². The maximum absolute atomic E-state index is 14.4. The first-order chi connectivity index (χ1) is 11.2. The SMILES string of the molecule is CS(=O)(=O)Nc1cc(-n2c(=O)cc(F)n3ccnc23)c(F)cc1Br. The highest BCUT2D eigenvalue weighted by Crippen LogP contribution is 2.28. The molecule has 0 aliphatic heterocycles. The van der Waals surface area contributed by atoms with Crippen LogP contribution in [-0.4, -0.2) is 28.6 Å². The van der Waals surface area contributed by atoms with Gasteiger partial charge in [0.2, 0.25) is 21.7 Å². The third-order valence-corrected chi connectivity index (χ3v) is 4.33. The van der Waals surface area contributed by atoms with E-state index in [1.165, 1.54) is 12.4 Å². The zero-order valence-corrected chi connectivity index (χ0v) is 14.4.